The average Bonchev–Trinajstić information content (AvgIpc) is 2.68. The molecule has 162 valence electrons. The fourth-order valence-electron chi connectivity index (χ4n) is 3.41. The molecule has 5 nitrogen and oxygen atoms in total. The number of carbonyl (C=O) groups excluding carboxylic acids is 2. The maximum atomic E-state index is 13.4. The molecule has 5 heteroatoms. The Bertz CT molecular complexity index is 871. The minimum atomic E-state index is -0.549. The predicted octanol–water partition coefficient (Wildman–Crippen LogP) is 4.27. The monoisotopic (exact) mass is 410 g/mol. The zero-order valence-electron chi connectivity index (χ0n) is 19.0. The summed E-state index contributed by atoms with van der Waals surface area (Å²) in [6.07, 6.45) is 0.793. The van der Waals surface area contributed by atoms with Crippen molar-refractivity contribution in [2.75, 3.05) is 7.11 Å². The van der Waals surface area contributed by atoms with E-state index in [0.717, 1.165) is 22.4 Å². The van der Waals surface area contributed by atoms with Gasteiger partial charge in [0.1, 0.15) is 11.8 Å². The zero-order valence-corrected chi connectivity index (χ0v) is 19.0. The Morgan fingerprint density at radius 1 is 1.10 bits per heavy atom. The van der Waals surface area contributed by atoms with Gasteiger partial charge in [-0.25, -0.2) is 0 Å². The van der Waals surface area contributed by atoms with Crippen molar-refractivity contribution in [2.45, 2.75) is 65.6 Å². The number of aryl methyl sites for hydroxylation is 1. The Labute approximate surface area is 180 Å². The fraction of sp³-hybridized carbons (Fsp3) is 0.440. The van der Waals surface area contributed by atoms with E-state index >= 15 is 0 Å². The van der Waals surface area contributed by atoms with Gasteiger partial charge in [0.2, 0.25) is 11.8 Å². The molecule has 0 radical (unpaired) electrons. The van der Waals surface area contributed by atoms with Crippen molar-refractivity contribution >= 4 is 11.8 Å². The van der Waals surface area contributed by atoms with Crippen LogP contribution in [0.4, 0.5) is 0 Å². The minimum Gasteiger partial charge on any atom is -0.497 e. The van der Waals surface area contributed by atoms with Crippen LogP contribution in [-0.4, -0.2) is 35.4 Å². The van der Waals surface area contributed by atoms with E-state index in [9.17, 15) is 9.59 Å². The van der Waals surface area contributed by atoms with Crippen LogP contribution in [-0.2, 0) is 22.6 Å². The number of rotatable bonds is 8. The molecular weight excluding hydrogens is 376 g/mol. The fourth-order valence-corrected chi connectivity index (χ4v) is 3.41. The van der Waals surface area contributed by atoms with E-state index in [1.165, 1.54) is 0 Å². The van der Waals surface area contributed by atoms with Crippen molar-refractivity contribution in [3.8, 4) is 5.75 Å². The molecule has 0 spiro atoms. The van der Waals surface area contributed by atoms with Gasteiger partial charge in [-0.3, -0.25) is 9.59 Å². The molecule has 0 aliphatic carbocycles. The van der Waals surface area contributed by atoms with Crippen LogP contribution in [0.15, 0.2) is 48.5 Å². The van der Waals surface area contributed by atoms with E-state index < -0.39 is 6.04 Å². The molecule has 0 saturated carbocycles. The Hall–Kier alpha value is -2.82. The first-order valence-corrected chi connectivity index (χ1v) is 10.4. The van der Waals surface area contributed by atoms with Crippen LogP contribution in [0.1, 0.15) is 50.8 Å². The van der Waals surface area contributed by atoms with Crippen molar-refractivity contribution in [1.82, 2.24) is 10.2 Å². The summed E-state index contributed by atoms with van der Waals surface area (Å²) in [6.45, 7) is 10.1. The largest absolute Gasteiger partial charge is 0.497 e. The smallest absolute Gasteiger partial charge is 0.243 e. The summed E-state index contributed by atoms with van der Waals surface area (Å²) in [5.74, 6) is 0.528. The van der Waals surface area contributed by atoms with E-state index in [0.29, 0.717) is 13.0 Å². The van der Waals surface area contributed by atoms with E-state index in [2.05, 4.69) is 5.32 Å². The van der Waals surface area contributed by atoms with E-state index in [4.69, 9.17) is 4.74 Å². The van der Waals surface area contributed by atoms with Crippen molar-refractivity contribution < 1.29 is 14.3 Å². The quantitative estimate of drug-likeness (QED) is 0.707. The van der Waals surface area contributed by atoms with Gasteiger partial charge < -0.3 is 15.0 Å². The lowest BCUT2D eigenvalue weighted by Crippen LogP contribution is -2.53. The second-order valence-electron chi connectivity index (χ2n) is 8.64. The highest BCUT2D eigenvalue weighted by Crippen LogP contribution is 2.19. The van der Waals surface area contributed by atoms with Gasteiger partial charge in [-0.1, -0.05) is 43.3 Å². The van der Waals surface area contributed by atoms with E-state index in [1.807, 2.05) is 83.1 Å². The SMILES string of the molecule is CCC(C(=O)NC(C)(C)C)N(Cc1cccc(OC)c1)C(=O)Cc1ccccc1C. The van der Waals surface area contributed by atoms with Crippen LogP contribution in [0.25, 0.3) is 0 Å². The molecule has 1 N–H and O–H groups in total. The summed E-state index contributed by atoms with van der Waals surface area (Å²) in [6, 6.07) is 14.9. The number of carbonyl (C=O) groups is 2. The van der Waals surface area contributed by atoms with Crippen LogP contribution in [0.3, 0.4) is 0 Å². The minimum absolute atomic E-state index is 0.0666. The van der Waals surface area contributed by atoms with Crippen molar-refractivity contribution in [2.24, 2.45) is 0 Å². The van der Waals surface area contributed by atoms with Gasteiger partial charge >= 0.3 is 0 Å². The van der Waals surface area contributed by atoms with Gasteiger partial charge in [-0.05, 0) is 62.9 Å². The number of hydrogen-bond acceptors (Lipinski definition) is 3. The first-order valence-electron chi connectivity index (χ1n) is 10.4. The van der Waals surface area contributed by atoms with Crippen LogP contribution < -0.4 is 10.1 Å². The molecule has 0 aromatic heterocycles. The molecule has 0 heterocycles. The number of ether oxygens (including phenoxy) is 1. The third-order valence-corrected chi connectivity index (χ3v) is 4.97. The maximum absolute atomic E-state index is 13.4. The highest BCUT2D eigenvalue weighted by atomic mass is 16.5. The molecule has 1 unspecified atom stereocenters. The van der Waals surface area contributed by atoms with Gasteiger partial charge in [0.05, 0.1) is 13.5 Å². The molecule has 2 aromatic carbocycles. The number of amides is 2. The topological polar surface area (TPSA) is 58.6 Å². The number of nitrogens with zero attached hydrogens (tertiary/aromatic N) is 1. The Morgan fingerprint density at radius 3 is 2.40 bits per heavy atom. The second kappa shape index (κ2) is 10.3. The first kappa shape index (κ1) is 23.5. The summed E-state index contributed by atoms with van der Waals surface area (Å²) in [5, 5.41) is 3.03. The zero-order chi connectivity index (χ0) is 22.3. The Kier molecular flexibility index (Phi) is 8.04. The molecule has 30 heavy (non-hydrogen) atoms. The summed E-state index contributed by atoms with van der Waals surface area (Å²) in [4.78, 5) is 28.1. The van der Waals surface area contributed by atoms with Crippen LogP contribution in [0, 0.1) is 6.92 Å². The maximum Gasteiger partial charge on any atom is 0.243 e. The summed E-state index contributed by atoms with van der Waals surface area (Å²) in [5.41, 5.74) is 2.60. The molecule has 0 aliphatic rings. The van der Waals surface area contributed by atoms with Crippen molar-refractivity contribution in [3.05, 3.63) is 65.2 Å². The van der Waals surface area contributed by atoms with E-state index in [1.54, 1.807) is 12.0 Å². The highest BCUT2D eigenvalue weighted by molar-refractivity contribution is 5.89. The van der Waals surface area contributed by atoms with E-state index in [-0.39, 0.29) is 23.8 Å². The van der Waals surface area contributed by atoms with Gasteiger partial charge in [-0.2, -0.15) is 0 Å². The van der Waals surface area contributed by atoms with Gasteiger partial charge in [-0.15, -0.1) is 0 Å². The molecule has 0 aliphatic heterocycles. The van der Waals surface area contributed by atoms with Gasteiger partial charge in [0.15, 0.2) is 0 Å². The molecule has 0 bridgehead atoms. The molecule has 2 amide bonds. The molecule has 2 aromatic rings. The van der Waals surface area contributed by atoms with Crippen LogP contribution >= 0.6 is 0 Å². The first-order chi connectivity index (χ1) is 14.1. The number of benzene rings is 2. The lowest BCUT2D eigenvalue weighted by atomic mass is 10.0. The van der Waals surface area contributed by atoms with Gasteiger partial charge in [0, 0.05) is 12.1 Å². The molecular formula is C25H34N2O3. The molecule has 0 saturated heterocycles. The normalized spacial score (nSPS) is 12.2. The van der Waals surface area contributed by atoms with Crippen molar-refractivity contribution in [1.29, 1.82) is 0 Å². The molecule has 2 rings (SSSR count). The molecule has 1 atom stereocenters. The third kappa shape index (κ3) is 6.61. The summed E-state index contributed by atoms with van der Waals surface area (Å²) < 4.78 is 5.33. The number of hydrogen-bond donors (Lipinski definition) is 1. The third-order valence-electron chi connectivity index (χ3n) is 4.97. The second-order valence-corrected chi connectivity index (χ2v) is 8.64. The number of methoxy groups -OCH3 is 1. The van der Waals surface area contributed by atoms with Crippen LogP contribution in [0.5, 0.6) is 5.75 Å². The molecule has 0 fully saturated rings. The highest BCUT2D eigenvalue weighted by Gasteiger charge is 2.30. The van der Waals surface area contributed by atoms with Crippen molar-refractivity contribution in [3.63, 3.8) is 0 Å². The number of nitrogens with one attached hydrogen (secondary N) is 1. The lowest BCUT2D eigenvalue weighted by Gasteiger charge is -2.33. The van der Waals surface area contributed by atoms with Crippen LogP contribution in [0.2, 0.25) is 0 Å². The Morgan fingerprint density at radius 2 is 1.80 bits per heavy atom. The predicted molar refractivity (Wildman–Crippen MR) is 120 cm³/mol. The van der Waals surface area contributed by atoms with Gasteiger partial charge in [0.25, 0.3) is 0 Å². The Balaban J connectivity index is 2.35. The summed E-state index contributed by atoms with van der Waals surface area (Å²) >= 11 is 0. The standard InChI is InChI=1S/C25H34N2O3/c1-7-22(24(29)26-25(3,4)5)27(17-19-12-10-14-21(15-19)30-6)23(28)16-20-13-9-8-11-18(20)2/h8-15,22H,7,16-17H2,1-6H3,(H,26,29). The lowest BCUT2D eigenvalue weighted by molar-refractivity contribution is -0.141. The average molecular weight is 411 g/mol. The summed E-state index contributed by atoms with van der Waals surface area (Å²) in [7, 11) is 1.62.